The molecule has 158 valence electrons. The van der Waals surface area contributed by atoms with Gasteiger partial charge in [-0.3, -0.25) is 0 Å². The van der Waals surface area contributed by atoms with Crippen molar-refractivity contribution in [3.8, 4) is 0 Å². The molecule has 0 aliphatic carbocycles. The Hall–Kier alpha value is -2.87. The molecule has 2 aromatic heterocycles. The number of anilines is 1. The lowest BCUT2D eigenvalue weighted by atomic mass is 10.2. The number of nitrogens with zero attached hydrogens (tertiary/aromatic N) is 5. The molecular formula is C21H25ClN6O2. The number of rotatable bonds is 4. The van der Waals surface area contributed by atoms with Crippen LogP contribution in [0.3, 0.4) is 0 Å². The molecule has 0 bridgehead atoms. The number of fused-ring (bicyclic) bond motifs is 1. The summed E-state index contributed by atoms with van der Waals surface area (Å²) in [7, 11) is 0. The summed E-state index contributed by atoms with van der Waals surface area (Å²) < 4.78 is 7.47. The number of likely N-dealkylation sites (tertiary alicyclic amines) is 1. The van der Waals surface area contributed by atoms with E-state index in [9.17, 15) is 4.79 Å². The van der Waals surface area contributed by atoms with Crippen LogP contribution in [0.1, 0.15) is 38.8 Å². The van der Waals surface area contributed by atoms with E-state index in [0.717, 1.165) is 12.0 Å². The van der Waals surface area contributed by atoms with Crippen molar-refractivity contribution in [2.24, 2.45) is 0 Å². The van der Waals surface area contributed by atoms with Crippen molar-refractivity contribution in [2.75, 3.05) is 18.4 Å². The van der Waals surface area contributed by atoms with Gasteiger partial charge >= 0.3 is 6.09 Å². The van der Waals surface area contributed by atoms with Crippen LogP contribution in [0.4, 0.5) is 10.6 Å². The first-order chi connectivity index (χ1) is 14.3. The van der Waals surface area contributed by atoms with Crippen molar-refractivity contribution in [3.05, 3.63) is 47.5 Å². The molecule has 4 rings (SSSR count). The third-order valence-electron chi connectivity index (χ3n) is 4.91. The molecule has 0 saturated carbocycles. The minimum absolute atomic E-state index is 0.0514. The standard InChI is InChI=1S/C21H25ClN6O2/c1-21(2,3)30-20(29)27-10-9-15(12-27)28-13-24-16-17(25-19(22)26-18(16)28)23-11-14-7-5-4-6-8-14/h4-8,13,15H,9-12H2,1-3H3,(H,23,25,26)/t15-/m1/s1. The average Bonchev–Trinajstić information content (AvgIpc) is 3.32. The summed E-state index contributed by atoms with van der Waals surface area (Å²) >= 11 is 6.21. The SMILES string of the molecule is CC(C)(C)OC(=O)N1CC[C@@H](n2cnc3c(NCc4ccccc4)nc(Cl)nc32)C1. The fourth-order valence-electron chi connectivity index (χ4n) is 3.52. The second kappa shape index (κ2) is 8.10. The maximum Gasteiger partial charge on any atom is 0.410 e. The Labute approximate surface area is 180 Å². The summed E-state index contributed by atoms with van der Waals surface area (Å²) in [6.45, 7) is 7.36. The summed E-state index contributed by atoms with van der Waals surface area (Å²) in [6.07, 6.45) is 2.23. The zero-order chi connectivity index (χ0) is 21.3. The average molecular weight is 429 g/mol. The van der Waals surface area contributed by atoms with Gasteiger partial charge in [-0.05, 0) is 44.4 Å². The first-order valence-electron chi connectivity index (χ1n) is 9.96. The van der Waals surface area contributed by atoms with Crippen LogP contribution in [0.5, 0.6) is 0 Å². The number of halogens is 1. The Bertz CT molecular complexity index is 1050. The van der Waals surface area contributed by atoms with E-state index in [1.807, 2.05) is 55.7 Å². The van der Waals surface area contributed by atoms with Crippen molar-refractivity contribution >= 4 is 34.7 Å². The molecule has 1 fully saturated rings. The molecule has 1 N–H and O–H groups in total. The lowest BCUT2D eigenvalue weighted by molar-refractivity contribution is 0.0289. The van der Waals surface area contributed by atoms with Crippen LogP contribution in [0.25, 0.3) is 11.2 Å². The fraction of sp³-hybridized carbons (Fsp3) is 0.429. The summed E-state index contributed by atoms with van der Waals surface area (Å²) in [5, 5.41) is 3.46. The number of benzene rings is 1. The minimum Gasteiger partial charge on any atom is -0.444 e. The highest BCUT2D eigenvalue weighted by Crippen LogP contribution is 2.29. The fourth-order valence-corrected chi connectivity index (χ4v) is 3.69. The van der Waals surface area contributed by atoms with Crippen molar-refractivity contribution in [2.45, 2.75) is 45.4 Å². The molecule has 1 amide bonds. The van der Waals surface area contributed by atoms with E-state index in [4.69, 9.17) is 16.3 Å². The van der Waals surface area contributed by atoms with Gasteiger partial charge in [-0.15, -0.1) is 0 Å². The second-order valence-electron chi connectivity index (χ2n) is 8.37. The number of amides is 1. The molecule has 1 aliphatic heterocycles. The molecule has 0 unspecified atom stereocenters. The Morgan fingerprint density at radius 3 is 2.77 bits per heavy atom. The minimum atomic E-state index is -0.517. The molecule has 1 aromatic carbocycles. The smallest absolute Gasteiger partial charge is 0.410 e. The number of ether oxygens (including phenoxy) is 1. The van der Waals surface area contributed by atoms with Crippen molar-refractivity contribution in [1.82, 2.24) is 24.4 Å². The molecule has 1 saturated heterocycles. The molecule has 8 nitrogen and oxygen atoms in total. The molecule has 1 atom stereocenters. The topological polar surface area (TPSA) is 85.2 Å². The number of hydrogen-bond donors (Lipinski definition) is 1. The van der Waals surface area contributed by atoms with Crippen LogP contribution in [0.15, 0.2) is 36.7 Å². The summed E-state index contributed by atoms with van der Waals surface area (Å²) in [6, 6.07) is 10.1. The van der Waals surface area contributed by atoms with Crippen LogP contribution in [0.2, 0.25) is 5.28 Å². The van der Waals surface area contributed by atoms with Gasteiger partial charge in [-0.1, -0.05) is 30.3 Å². The van der Waals surface area contributed by atoms with Crippen molar-refractivity contribution < 1.29 is 9.53 Å². The third kappa shape index (κ3) is 4.48. The highest BCUT2D eigenvalue weighted by molar-refractivity contribution is 6.28. The molecule has 0 spiro atoms. The zero-order valence-corrected chi connectivity index (χ0v) is 18.1. The first-order valence-corrected chi connectivity index (χ1v) is 10.3. The van der Waals surface area contributed by atoms with Crippen LogP contribution < -0.4 is 5.32 Å². The summed E-state index contributed by atoms with van der Waals surface area (Å²) in [4.78, 5) is 27.4. The number of aromatic nitrogens is 4. The number of carbonyl (C=O) groups excluding carboxylic acids is 1. The second-order valence-corrected chi connectivity index (χ2v) is 8.71. The molecule has 1 aliphatic rings. The highest BCUT2D eigenvalue weighted by Gasteiger charge is 2.31. The predicted molar refractivity (Wildman–Crippen MR) is 116 cm³/mol. The number of hydrogen-bond acceptors (Lipinski definition) is 6. The lowest BCUT2D eigenvalue weighted by Gasteiger charge is -2.24. The molecule has 30 heavy (non-hydrogen) atoms. The molecule has 3 aromatic rings. The van der Waals surface area contributed by atoms with E-state index >= 15 is 0 Å². The summed E-state index contributed by atoms with van der Waals surface area (Å²) in [5.74, 6) is 0.592. The van der Waals surface area contributed by atoms with Crippen molar-refractivity contribution in [3.63, 3.8) is 0 Å². The van der Waals surface area contributed by atoms with E-state index in [1.165, 1.54) is 0 Å². The largest absolute Gasteiger partial charge is 0.444 e. The lowest BCUT2D eigenvalue weighted by Crippen LogP contribution is -2.35. The number of carbonyl (C=O) groups is 1. The quantitative estimate of drug-likeness (QED) is 0.624. The Balaban J connectivity index is 1.53. The van der Waals surface area contributed by atoms with E-state index in [2.05, 4.69) is 20.3 Å². The predicted octanol–water partition coefficient (Wildman–Crippen LogP) is 4.27. The normalized spacial score (nSPS) is 16.8. The van der Waals surface area contributed by atoms with E-state index < -0.39 is 5.60 Å². The Kier molecular flexibility index (Phi) is 5.51. The Morgan fingerprint density at radius 2 is 2.03 bits per heavy atom. The van der Waals surface area contributed by atoms with Crippen LogP contribution in [-0.2, 0) is 11.3 Å². The highest BCUT2D eigenvalue weighted by atomic mass is 35.5. The summed E-state index contributed by atoms with van der Waals surface area (Å²) in [5.41, 5.74) is 1.92. The maximum atomic E-state index is 12.4. The van der Waals surface area contributed by atoms with E-state index in [-0.39, 0.29) is 17.4 Å². The van der Waals surface area contributed by atoms with Gasteiger partial charge in [0.15, 0.2) is 17.0 Å². The maximum absolute atomic E-state index is 12.4. The van der Waals surface area contributed by atoms with Crippen LogP contribution >= 0.6 is 11.6 Å². The third-order valence-corrected chi connectivity index (χ3v) is 5.07. The molecule has 0 radical (unpaired) electrons. The Morgan fingerprint density at radius 1 is 1.27 bits per heavy atom. The van der Waals surface area contributed by atoms with Gasteiger partial charge in [0.25, 0.3) is 0 Å². The van der Waals surface area contributed by atoms with Gasteiger partial charge in [0.2, 0.25) is 5.28 Å². The van der Waals surface area contributed by atoms with Gasteiger partial charge in [0, 0.05) is 19.6 Å². The van der Waals surface area contributed by atoms with Gasteiger partial charge < -0.3 is 19.5 Å². The van der Waals surface area contributed by atoms with Gasteiger partial charge in [-0.25, -0.2) is 9.78 Å². The number of nitrogens with one attached hydrogen (secondary N) is 1. The van der Waals surface area contributed by atoms with Gasteiger partial charge in [-0.2, -0.15) is 9.97 Å². The van der Waals surface area contributed by atoms with Gasteiger partial charge in [0.1, 0.15) is 5.60 Å². The first kappa shape index (κ1) is 20.4. The number of imidazole rings is 1. The van der Waals surface area contributed by atoms with Gasteiger partial charge in [0.05, 0.1) is 12.4 Å². The molecule has 3 heterocycles. The van der Waals surface area contributed by atoms with E-state index in [0.29, 0.717) is 36.6 Å². The molecule has 9 heteroatoms. The van der Waals surface area contributed by atoms with E-state index in [1.54, 1.807) is 11.2 Å². The van der Waals surface area contributed by atoms with Crippen LogP contribution in [-0.4, -0.2) is 49.2 Å². The molecular weight excluding hydrogens is 404 g/mol. The monoisotopic (exact) mass is 428 g/mol. The zero-order valence-electron chi connectivity index (χ0n) is 17.3. The van der Waals surface area contributed by atoms with Crippen molar-refractivity contribution in [1.29, 1.82) is 0 Å². The van der Waals surface area contributed by atoms with Crippen LogP contribution in [0, 0.1) is 0 Å².